The Morgan fingerprint density at radius 1 is 0.538 bits per heavy atom. The summed E-state index contributed by atoms with van der Waals surface area (Å²) in [7, 11) is 0. The SMILES string of the molecule is [Cu].[Cu].[OH+]=C(CCC(=[OH+])CC(=[OH+])c1ccccc1)CC(=[OH+])c1ccccc1. The second-order valence-corrected chi connectivity index (χ2v) is 5.61. The van der Waals surface area contributed by atoms with Gasteiger partial charge in [0.05, 0.1) is 24.0 Å². The molecule has 6 heteroatoms. The maximum absolute atomic E-state index is 9.97. The van der Waals surface area contributed by atoms with Crippen LogP contribution in [0.15, 0.2) is 60.7 Å². The van der Waals surface area contributed by atoms with Crippen LogP contribution in [0.3, 0.4) is 0 Å². The Labute approximate surface area is 173 Å². The second-order valence-electron chi connectivity index (χ2n) is 5.61. The fourth-order valence-electron chi connectivity index (χ4n) is 2.32. The Bertz CT molecular complexity index is 677. The zero-order chi connectivity index (χ0) is 17.4. The van der Waals surface area contributed by atoms with E-state index < -0.39 is 0 Å². The largest absolute Gasteiger partial charge is 0.336 e. The van der Waals surface area contributed by atoms with Crippen LogP contribution in [0.4, 0.5) is 0 Å². The number of benzene rings is 2. The van der Waals surface area contributed by atoms with Crippen LogP contribution in [0.25, 0.3) is 0 Å². The minimum atomic E-state index is 0. The third-order valence-electron chi connectivity index (χ3n) is 3.66. The van der Waals surface area contributed by atoms with Crippen molar-refractivity contribution in [2.75, 3.05) is 0 Å². The molecule has 0 unspecified atom stereocenters. The number of hydrogen-bond acceptors (Lipinski definition) is 0. The van der Waals surface area contributed by atoms with E-state index in [-0.39, 0.29) is 83.0 Å². The van der Waals surface area contributed by atoms with Crippen molar-refractivity contribution in [1.29, 1.82) is 0 Å². The van der Waals surface area contributed by atoms with Crippen molar-refractivity contribution in [1.82, 2.24) is 0 Å². The summed E-state index contributed by atoms with van der Waals surface area (Å²) in [5.74, 6) is 0.349. The molecular weight excluding hydrogens is 431 g/mol. The number of carbonyl (C=O) groups excluding carboxylic acids is 4. The number of ketones is 4. The fraction of sp³-hybridized carbons (Fsp3) is 0.200. The minimum absolute atomic E-state index is 0. The van der Waals surface area contributed by atoms with Gasteiger partial charge in [-0.15, -0.1) is 0 Å². The first-order chi connectivity index (χ1) is 11.6. The minimum Gasteiger partial charge on any atom is -0.283 e. The molecule has 0 aliphatic rings. The van der Waals surface area contributed by atoms with E-state index in [1.807, 2.05) is 36.4 Å². The van der Waals surface area contributed by atoms with Gasteiger partial charge in [0.1, 0.15) is 0 Å². The Morgan fingerprint density at radius 2 is 0.846 bits per heavy atom. The van der Waals surface area contributed by atoms with Crippen LogP contribution in [-0.2, 0) is 34.1 Å². The van der Waals surface area contributed by atoms with E-state index in [4.69, 9.17) is 0 Å². The Balaban J connectivity index is 0.00000312. The zero-order valence-corrected chi connectivity index (χ0v) is 15.9. The van der Waals surface area contributed by atoms with E-state index in [1.165, 1.54) is 0 Å². The van der Waals surface area contributed by atoms with Gasteiger partial charge in [0.15, 0.2) is 12.8 Å². The Hall–Kier alpha value is -1.84. The first-order valence-electron chi connectivity index (χ1n) is 7.84. The topological polar surface area (TPSA) is 85.6 Å². The van der Waals surface area contributed by atoms with Crippen LogP contribution in [-0.4, -0.2) is 42.3 Å². The average Bonchev–Trinajstić information content (AvgIpc) is 2.61. The summed E-state index contributed by atoms with van der Waals surface area (Å²) in [6.45, 7) is 0. The zero-order valence-electron chi connectivity index (χ0n) is 14.0. The molecule has 0 bridgehead atoms. The van der Waals surface area contributed by atoms with Crippen LogP contribution in [0.2, 0.25) is 0 Å². The first-order valence-corrected chi connectivity index (χ1v) is 7.84. The van der Waals surface area contributed by atoms with Crippen molar-refractivity contribution in [2.24, 2.45) is 0 Å². The molecule has 144 valence electrons. The van der Waals surface area contributed by atoms with Gasteiger partial charge in [0.25, 0.3) is 0 Å². The molecule has 26 heavy (non-hydrogen) atoms. The van der Waals surface area contributed by atoms with E-state index in [9.17, 15) is 19.2 Å². The summed E-state index contributed by atoms with van der Waals surface area (Å²) < 4.78 is 0. The van der Waals surface area contributed by atoms with Crippen LogP contribution >= 0.6 is 0 Å². The molecular formula is C20H22Cu2O4+4. The molecule has 2 rings (SSSR count). The molecule has 0 atom stereocenters. The summed E-state index contributed by atoms with van der Waals surface area (Å²) in [6, 6.07) is 18.0. The molecule has 0 heterocycles. The quantitative estimate of drug-likeness (QED) is 0.242. The molecule has 0 saturated carbocycles. The van der Waals surface area contributed by atoms with Crippen LogP contribution in [0.5, 0.6) is 0 Å². The molecule has 0 aromatic heterocycles. The molecule has 0 saturated heterocycles. The fourth-order valence-corrected chi connectivity index (χ4v) is 2.32. The molecule has 0 fully saturated rings. The first kappa shape index (κ1) is 24.2. The van der Waals surface area contributed by atoms with Crippen LogP contribution < -0.4 is 0 Å². The smallest absolute Gasteiger partial charge is 0.283 e. The predicted molar refractivity (Wildman–Crippen MR) is 97.3 cm³/mol. The van der Waals surface area contributed by atoms with Gasteiger partial charge in [-0.3, -0.25) is 19.2 Å². The summed E-state index contributed by atoms with van der Waals surface area (Å²) >= 11 is 0. The van der Waals surface area contributed by atoms with Crippen molar-refractivity contribution >= 4 is 23.1 Å². The third-order valence-corrected chi connectivity index (χ3v) is 3.66. The van der Waals surface area contributed by atoms with E-state index in [1.54, 1.807) is 24.3 Å². The molecule has 2 aromatic rings. The van der Waals surface area contributed by atoms with Gasteiger partial charge in [-0.25, -0.2) is 0 Å². The molecule has 4 N–H and O–H groups in total. The molecule has 0 amide bonds. The molecule has 0 spiro atoms. The van der Waals surface area contributed by atoms with Crippen LogP contribution in [0, 0.1) is 0 Å². The number of hydrogen-bond donors (Lipinski definition) is 0. The van der Waals surface area contributed by atoms with Gasteiger partial charge in [-0.05, 0) is 24.3 Å². The molecule has 2 radical (unpaired) electrons. The van der Waals surface area contributed by atoms with Gasteiger partial charge in [-0.2, -0.15) is 0 Å². The van der Waals surface area contributed by atoms with Crippen molar-refractivity contribution in [3.05, 3.63) is 71.8 Å². The summed E-state index contributed by atoms with van der Waals surface area (Å²) in [5.41, 5.74) is 1.32. The van der Waals surface area contributed by atoms with Gasteiger partial charge < -0.3 is 0 Å². The van der Waals surface area contributed by atoms with E-state index in [0.29, 0.717) is 11.1 Å². The van der Waals surface area contributed by atoms with Crippen LogP contribution in [0.1, 0.15) is 36.8 Å². The number of rotatable bonds is 9. The Morgan fingerprint density at radius 3 is 1.15 bits per heavy atom. The van der Waals surface area contributed by atoms with Crippen molar-refractivity contribution in [3.8, 4) is 0 Å². The predicted octanol–water partition coefficient (Wildman–Crippen LogP) is 2.82. The van der Waals surface area contributed by atoms with E-state index in [2.05, 4.69) is 0 Å². The normalized spacial score (nSPS) is 9.38. The maximum atomic E-state index is 9.97. The third kappa shape index (κ3) is 8.03. The van der Waals surface area contributed by atoms with Gasteiger partial charge in [0, 0.05) is 34.1 Å². The second kappa shape index (κ2) is 12.5. The van der Waals surface area contributed by atoms with E-state index in [0.717, 1.165) is 0 Å². The molecule has 0 aliphatic carbocycles. The maximum Gasteiger partial charge on any atom is 0.336 e. The summed E-state index contributed by atoms with van der Waals surface area (Å²) in [6.07, 6.45) is 0.549. The van der Waals surface area contributed by atoms with E-state index >= 15 is 0 Å². The molecule has 4 nitrogen and oxygen atoms in total. The van der Waals surface area contributed by atoms with Gasteiger partial charge >= 0.3 is 23.1 Å². The van der Waals surface area contributed by atoms with Crippen molar-refractivity contribution < 1.29 is 53.3 Å². The van der Waals surface area contributed by atoms with Crippen molar-refractivity contribution in [3.63, 3.8) is 0 Å². The van der Waals surface area contributed by atoms with Gasteiger partial charge in [0.2, 0.25) is 0 Å². The molecule has 0 aliphatic heterocycles. The summed E-state index contributed by atoms with van der Waals surface area (Å²) in [5, 5.41) is 0. The van der Waals surface area contributed by atoms with Crippen molar-refractivity contribution in [2.45, 2.75) is 25.7 Å². The molecule has 2 aromatic carbocycles. The average molecular weight is 453 g/mol. The van der Waals surface area contributed by atoms with Gasteiger partial charge in [-0.1, -0.05) is 36.4 Å². The summed E-state index contributed by atoms with van der Waals surface area (Å²) in [4.78, 5) is 39.8. The Kier molecular flexibility index (Phi) is 11.6. The monoisotopic (exact) mass is 452 g/mol. The standard InChI is InChI=1S/C20H18O4.2Cu/c21-17(13-19(23)15-7-3-1-4-8-15)11-12-18(22)14-20(24)16-9-5-2-6-10-16;;/h1-10H,11-14H2;;/p+4.